The van der Waals surface area contributed by atoms with Crippen molar-refractivity contribution >= 4 is 42.7 Å². The van der Waals surface area contributed by atoms with Crippen molar-refractivity contribution in [2.75, 3.05) is 6.54 Å². The molecule has 7 N–H and O–H groups in total. The number of nitrogens with two attached hydrogens (primary N) is 2. The van der Waals surface area contributed by atoms with E-state index in [1.807, 2.05) is 0 Å². The van der Waals surface area contributed by atoms with Gasteiger partial charge in [0, 0.05) is 5.92 Å². The molecule has 0 aliphatic heterocycles. The second-order valence-electron chi connectivity index (χ2n) is 6.25. The number of carbonyl (C=O) groups is 3. The number of unbranched alkanes of at least 4 members (excludes halogenated alkanes) is 1. The Balaban J connectivity index is 0.00000264. The lowest BCUT2D eigenvalue weighted by Gasteiger charge is -2.29. The summed E-state index contributed by atoms with van der Waals surface area (Å²) in [5, 5.41) is 21.2. The normalized spacial score (nSPS) is 31.0. The molecule has 10 heteroatoms. The number of carboxylic acid groups (broad SMARTS) is 2. The van der Waals surface area contributed by atoms with Crippen LogP contribution < -0.4 is 16.8 Å². The number of carboxylic acids is 2. The van der Waals surface area contributed by atoms with Gasteiger partial charge in [0.05, 0.1) is 12.0 Å². The molecule has 0 aromatic heterocycles. The lowest BCUT2D eigenvalue weighted by molar-refractivity contribution is -0.150. The van der Waals surface area contributed by atoms with Crippen LogP contribution in [0.5, 0.6) is 0 Å². The van der Waals surface area contributed by atoms with Gasteiger partial charge in [0.2, 0.25) is 5.91 Å². The zero-order chi connectivity index (χ0) is 16.5. The number of fused-ring (bicyclic) bond motifs is 1. The first-order chi connectivity index (χ1) is 10.3. The van der Waals surface area contributed by atoms with E-state index in [1.54, 1.807) is 0 Å². The molecule has 0 saturated heterocycles. The summed E-state index contributed by atoms with van der Waals surface area (Å²) in [6.45, 7) is 0.511. The molecular formula is C14H25Cl2N3O5. The molecule has 2 rings (SSSR count). The number of rotatable bonds is 8. The highest BCUT2D eigenvalue weighted by atomic mass is 35.5. The molecule has 2 fully saturated rings. The fourth-order valence-electron chi connectivity index (χ4n) is 3.70. The molecule has 0 radical (unpaired) electrons. The van der Waals surface area contributed by atoms with Crippen LogP contribution in [0.15, 0.2) is 0 Å². The van der Waals surface area contributed by atoms with Crippen LogP contribution in [0.25, 0.3) is 0 Å². The van der Waals surface area contributed by atoms with Crippen LogP contribution >= 0.6 is 24.8 Å². The highest BCUT2D eigenvalue weighted by Crippen LogP contribution is 2.62. The Labute approximate surface area is 152 Å². The van der Waals surface area contributed by atoms with Crippen molar-refractivity contribution < 1.29 is 24.6 Å². The maximum Gasteiger partial charge on any atom is 0.329 e. The van der Waals surface area contributed by atoms with Gasteiger partial charge in [-0.2, -0.15) is 0 Å². The van der Waals surface area contributed by atoms with Gasteiger partial charge in [-0.1, -0.05) is 6.42 Å². The molecule has 0 heterocycles. The Bertz CT molecular complexity index is 493. The summed E-state index contributed by atoms with van der Waals surface area (Å²) >= 11 is 0. The first-order valence-corrected chi connectivity index (χ1v) is 7.59. The third-order valence-electron chi connectivity index (χ3n) is 4.93. The van der Waals surface area contributed by atoms with Crippen LogP contribution in [0.1, 0.15) is 32.1 Å². The Morgan fingerprint density at radius 2 is 1.83 bits per heavy atom. The minimum atomic E-state index is -1.49. The van der Waals surface area contributed by atoms with Crippen LogP contribution in [0.2, 0.25) is 0 Å². The number of aliphatic carboxylic acids is 2. The van der Waals surface area contributed by atoms with Gasteiger partial charge in [-0.05, 0) is 38.1 Å². The van der Waals surface area contributed by atoms with Gasteiger partial charge in [-0.3, -0.25) is 9.59 Å². The Morgan fingerprint density at radius 1 is 1.21 bits per heavy atom. The van der Waals surface area contributed by atoms with E-state index in [0.717, 1.165) is 6.42 Å². The Hall–Kier alpha value is -1.09. The van der Waals surface area contributed by atoms with Crippen molar-refractivity contribution in [3.8, 4) is 0 Å². The molecular weight excluding hydrogens is 361 g/mol. The van der Waals surface area contributed by atoms with Crippen molar-refractivity contribution in [2.45, 2.75) is 43.7 Å². The van der Waals surface area contributed by atoms with E-state index < -0.39 is 41.3 Å². The van der Waals surface area contributed by atoms with Crippen molar-refractivity contribution in [2.24, 2.45) is 29.2 Å². The van der Waals surface area contributed by atoms with E-state index in [0.29, 0.717) is 25.8 Å². The van der Waals surface area contributed by atoms with Crippen molar-refractivity contribution in [3.63, 3.8) is 0 Å². The molecule has 2 aliphatic carbocycles. The Morgan fingerprint density at radius 3 is 2.29 bits per heavy atom. The van der Waals surface area contributed by atoms with Crippen molar-refractivity contribution in [3.05, 3.63) is 0 Å². The summed E-state index contributed by atoms with van der Waals surface area (Å²) in [6, 6.07) is -0.802. The largest absolute Gasteiger partial charge is 0.481 e. The molecule has 2 aliphatic rings. The quantitative estimate of drug-likeness (QED) is 0.367. The highest BCUT2D eigenvalue weighted by Gasteiger charge is 2.72. The molecule has 24 heavy (non-hydrogen) atoms. The van der Waals surface area contributed by atoms with Gasteiger partial charge in [-0.15, -0.1) is 24.8 Å². The molecule has 2 saturated carbocycles. The minimum Gasteiger partial charge on any atom is -0.481 e. The van der Waals surface area contributed by atoms with Gasteiger partial charge < -0.3 is 27.0 Å². The van der Waals surface area contributed by atoms with E-state index in [4.69, 9.17) is 16.6 Å². The average molecular weight is 386 g/mol. The van der Waals surface area contributed by atoms with Gasteiger partial charge in [0.1, 0.15) is 5.54 Å². The molecule has 8 nitrogen and oxygen atoms in total. The average Bonchev–Trinajstić information content (AvgIpc) is 3.08. The topological polar surface area (TPSA) is 156 Å². The summed E-state index contributed by atoms with van der Waals surface area (Å²) in [4.78, 5) is 35.0. The van der Waals surface area contributed by atoms with Gasteiger partial charge in [-0.25, -0.2) is 4.79 Å². The molecule has 1 amide bonds. The summed E-state index contributed by atoms with van der Waals surface area (Å²) in [5.41, 5.74) is 9.67. The summed E-state index contributed by atoms with van der Waals surface area (Å²) < 4.78 is 0. The lowest BCUT2D eigenvalue weighted by atomic mass is 9.89. The fourth-order valence-corrected chi connectivity index (χ4v) is 3.70. The zero-order valence-electron chi connectivity index (χ0n) is 13.1. The highest BCUT2D eigenvalue weighted by molar-refractivity contribution is 5.92. The van der Waals surface area contributed by atoms with Gasteiger partial charge in [0.15, 0.2) is 0 Å². The van der Waals surface area contributed by atoms with Crippen LogP contribution in [0.3, 0.4) is 0 Å². The monoisotopic (exact) mass is 385 g/mol. The van der Waals surface area contributed by atoms with Crippen molar-refractivity contribution in [1.82, 2.24) is 5.32 Å². The van der Waals surface area contributed by atoms with E-state index in [-0.39, 0.29) is 37.2 Å². The van der Waals surface area contributed by atoms with Crippen LogP contribution in [-0.2, 0) is 14.4 Å². The smallest absolute Gasteiger partial charge is 0.329 e. The third kappa shape index (κ3) is 4.11. The number of hydrogen-bond donors (Lipinski definition) is 5. The van der Waals surface area contributed by atoms with E-state index >= 15 is 0 Å². The zero-order valence-corrected chi connectivity index (χ0v) is 14.8. The number of nitrogens with one attached hydrogen (secondary N) is 1. The second-order valence-corrected chi connectivity index (χ2v) is 6.25. The molecule has 0 unspecified atom stereocenters. The van der Waals surface area contributed by atoms with E-state index in [2.05, 4.69) is 5.32 Å². The predicted octanol–water partition coefficient (Wildman–Crippen LogP) is -0.0335. The molecule has 0 aromatic carbocycles. The standard InChI is InChI=1S/C14H23N3O5.2ClH/c15-6-2-1-3-8(16)11(18)17-14(13(21)22)5-4-7-9(10(7)14)12(19)20;;/h7-10H,1-6,15-16H2,(H,17,18)(H,19,20)(H,21,22);2*1H/t7-,8-,9-,10-,14-;;/m0../s1. The van der Waals surface area contributed by atoms with Crippen LogP contribution in [0, 0.1) is 17.8 Å². The molecule has 0 spiro atoms. The lowest BCUT2D eigenvalue weighted by Crippen LogP contribution is -2.59. The summed E-state index contributed by atoms with van der Waals surface area (Å²) in [7, 11) is 0. The maximum atomic E-state index is 12.2. The molecule has 0 bridgehead atoms. The van der Waals surface area contributed by atoms with E-state index in [1.165, 1.54) is 0 Å². The number of halogens is 2. The van der Waals surface area contributed by atoms with Gasteiger partial charge in [0.25, 0.3) is 0 Å². The third-order valence-corrected chi connectivity index (χ3v) is 4.93. The van der Waals surface area contributed by atoms with Crippen LogP contribution in [-0.4, -0.2) is 46.2 Å². The second kappa shape index (κ2) is 8.84. The number of hydrogen-bond acceptors (Lipinski definition) is 5. The number of amides is 1. The molecule has 0 aromatic rings. The Kier molecular flexibility index (Phi) is 8.44. The molecule has 5 atom stereocenters. The maximum absolute atomic E-state index is 12.2. The summed E-state index contributed by atoms with van der Waals surface area (Å²) in [6.07, 6.45) is 2.61. The summed E-state index contributed by atoms with van der Waals surface area (Å²) in [5.74, 6) is -4.09. The first kappa shape index (κ1) is 22.9. The first-order valence-electron chi connectivity index (χ1n) is 7.59. The molecule has 140 valence electrons. The predicted molar refractivity (Wildman–Crippen MR) is 91.2 cm³/mol. The SMILES string of the molecule is Cl.Cl.NCCCC[C@H](N)C(=O)N[C@@]1(C(=O)O)CC[C@H]2[C@H](C(=O)O)[C@H]21. The van der Waals surface area contributed by atoms with Crippen LogP contribution in [0.4, 0.5) is 0 Å². The fraction of sp³-hybridized carbons (Fsp3) is 0.786. The minimum absolute atomic E-state index is 0. The van der Waals surface area contributed by atoms with E-state index in [9.17, 15) is 19.5 Å². The van der Waals surface area contributed by atoms with Crippen molar-refractivity contribution in [1.29, 1.82) is 0 Å². The number of carbonyl (C=O) groups excluding carboxylic acids is 1. The van der Waals surface area contributed by atoms with Gasteiger partial charge >= 0.3 is 11.9 Å².